The number of halogens is 1. The van der Waals surface area contributed by atoms with Crippen molar-refractivity contribution in [3.63, 3.8) is 0 Å². The summed E-state index contributed by atoms with van der Waals surface area (Å²) in [6.45, 7) is 2.85. The highest BCUT2D eigenvalue weighted by molar-refractivity contribution is 5.85. The fraction of sp³-hybridized carbons (Fsp3) is 0.571. The fourth-order valence-electron chi connectivity index (χ4n) is 2.05. The predicted octanol–water partition coefficient (Wildman–Crippen LogP) is 2.97. The monoisotopic (exact) mass is 273 g/mol. The second-order valence-electron chi connectivity index (χ2n) is 4.08. The Bertz CT molecular complexity index is 356. The maximum atomic E-state index is 5.65. The Hall–Kier alpha value is -0.930. The summed E-state index contributed by atoms with van der Waals surface area (Å²) in [6.07, 6.45) is 4.23. The van der Waals surface area contributed by atoms with Gasteiger partial charge in [-0.1, -0.05) is 19.4 Å². The van der Waals surface area contributed by atoms with Crippen LogP contribution in [0.25, 0.3) is 0 Å². The van der Waals surface area contributed by atoms with E-state index in [1.54, 1.807) is 14.2 Å². The summed E-state index contributed by atoms with van der Waals surface area (Å²) in [5, 5.41) is 0. The topological polar surface area (TPSA) is 44.5 Å². The van der Waals surface area contributed by atoms with Gasteiger partial charge in [0.1, 0.15) is 0 Å². The quantitative estimate of drug-likeness (QED) is 0.831. The van der Waals surface area contributed by atoms with E-state index in [9.17, 15) is 0 Å². The summed E-state index contributed by atoms with van der Waals surface area (Å²) in [5.74, 6) is 1.67. The molecule has 0 fully saturated rings. The lowest BCUT2D eigenvalue weighted by Crippen LogP contribution is -2.07. The van der Waals surface area contributed by atoms with E-state index in [1.807, 2.05) is 6.07 Å². The van der Waals surface area contributed by atoms with Gasteiger partial charge in [0.15, 0.2) is 11.5 Å². The van der Waals surface area contributed by atoms with Crippen molar-refractivity contribution < 1.29 is 9.47 Å². The van der Waals surface area contributed by atoms with Crippen LogP contribution in [0, 0.1) is 0 Å². The van der Waals surface area contributed by atoms with Gasteiger partial charge >= 0.3 is 0 Å². The molecule has 0 spiro atoms. The first-order valence-electron chi connectivity index (χ1n) is 6.21. The van der Waals surface area contributed by atoms with Gasteiger partial charge in [-0.2, -0.15) is 0 Å². The third kappa shape index (κ3) is 4.07. The molecule has 0 radical (unpaired) electrons. The molecule has 0 bridgehead atoms. The number of hydrogen-bond donors (Lipinski definition) is 1. The SMILES string of the molecule is CCCCc1c(CCN)ccc(OC)c1OC.Cl. The Kier molecular flexibility index (Phi) is 8.59. The average Bonchev–Trinajstić information content (AvgIpc) is 2.36. The maximum absolute atomic E-state index is 5.65. The highest BCUT2D eigenvalue weighted by Crippen LogP contribution is 2.34. The molecule has 18 heavy (non-hydrogen) atoms. The lowest BCUT2D eigenvalue weighted by atomic mass is 9.98. The Balaban J connectivity index is 0.00000289. The molecule has 0 aliphatic carbocycles. The van der Waals surface area contributed by atoms with Crippen molar-refractivity contribution in [3.8, 4) is 11.5 Å². The first kappa shape index (κ1) is 17.1. The lowest BCUT2D eigenvalue weighted by molar-refractivity contribution is 0.350. The highest BCUT2D eigenvalue weighted by atomic mass is 35.5. The Morgan fingerprint density at radius 2 is 1.83 bits per heavy atom. The summed E-state index contributed by atoms with van der Waals surface area (Å²) in [6, 6.07) is 4.05. The molecule has 0 amide bonds. The van der Waals surface area contributed by atoms with E-state index < -0.39 is 0 Å². The summed E-state index contributed by atoms with van der Waals surface area (Å²) < 4.78 is 10.8. The number of unbranched alkanes of at least 4 members (excludes halogenated alkanes) is 1. The molecule has 0 aromatic heterocycles. The summed E-state index contributed by atoms with van der Waals surface area (Å²) in [4.78, 5) is 0. The molecule has 0 saturated heterocycles. The molecule has 3 nitrogen and oxygen atoms in total. The van der Waals surface area contributed by atoms with Crippen molar-refractivity contribution in [1.82, 2.24) is 0 Å². The normalized spacial score (nSPS) is 9.78. The standard InChI is InChI=1S/C14H23NO2.ClH/c1-4-5-6-12-11(9-10-15)7-8-13(16-2)14(12)17-3;/h7-8H,4-6,9-10,15H2,1-3H3;1H. The van der Waals surface area contributed by atoms with Crippen LogP contribution in [0.5, 0.6) is 11.5 Å². The smallest absolute Gasteiger partial charge is 0.164 e. The van der Waals surface area contributed by atoms with Crippen LogP contribution >= 0.6 is 12.4 Å². The van der Waals surface area contributed by atoms with Crippen LogP contribution in [0.4, 0.5) is 0 Å². The molecule has 104 valence electrons. The molecule has 1 rings (SSSR count). The molecule has 0 unspecified atom stereocenters. The van der Waals surface area contributed by atoms with E-state index in [2.05, 4.69) is 13.0 Å². The molecule has 1 aromatic carbocycles. The highest BCUT2D eigenvalue weighted by Gasteiger charge is 2.13. The second-order valence-corrected chi connectivity index (χ2v) is 4.08. The number of nitrogens with two attached hydrogens (primary N) is 1. The zero-order valence-electron chi connectivity index (χ0n) is 11.5. The molecule has 0 aliphatic heterocycles. The van der Waals surface area contributed by atoms with Crippen molar-refractivity contribution in [1.29, 1.82) is 0 Å². The van der Waals surface area contributed by atoms with Gasteiger partial charge in [-0.15, -0.1) is 12.4 Å². The molecule has 0 heterocycles. The van der Waals surface area contributed by atoms with Crippen LogP contribution in [-0.2, 0) is 12.8 Å². The van der Waals surface area contributed by atoms with Crippen LogP contribution in [-0.4, -0.2) is 20.8 Å². The lowest BCUT2D eigenvalue weighted by Gasteiger charge is -2.16. The molecular formula is C14H24ClNO2. The van der Waals surface area contributed by atoms with Crippen LogP contribution in [0.2, 0.25) is 0 Å². The molecule has 1 aromatic rings. The molecule has 2 N–H and O–H groups in total. The first-order valence-corrected chi connectivity index (χ1v) is 6.21. The Morgan fingerprint density at radius 1 is 1.11 bits per heavy atom. The minimum atomic E-state index is 0. The molecule has 0 saturated carbocycles. The molecule has 4 heteroatoms. The molecule has 0 aliphatic rings. The van der Waals surface area contributed by atoms with Crippen LogP contribution in [0.1, 0.15) is 30.9 Å². The average molecular weight is 274 g/mol. The van der Waals surface area contributed by atoms with Gasteiger partial charge in [-0.3, -0.25) is 0 Å². The fourth-order valence-corrected chi connectivity index (χ4v) is 2.05. The zero-order chi connectivity index (χ0) is 12.7. The summed E-state index contributed by atoms with van der Waals surface area (Å²) in [5.41, 5.74) is 8.17. The minimum Gasteiger partial charge on any atom is -0.493 e. The third-order valence-electron chi connectivity index (χ3n) is 2.94. The summed E-state index contributed by atoms with van der Waals surface area (Å²) >= 11 is 0. The van der Waals surface area contributed by atoms with E-state index in [4.69, 9.17) is 15.2 Å². The van der Waals surface area contributed by atoms with Gasteiger partial charge in [0.2, 0.25) is 0 Å². The van der Waals surface area contributed by atoms with Gasteiger partial charge < -0.3 is 15.2 Å². The van der Waals surface area contributed by atoms with Crippen LogP contribution in [0.15, 0.2) is 12.1 Å². The van der Waals surface area contributed by atoms with Crippen molar-refractivity contribution >= 4 is 12.4 Å². The van der Waals surface area contributed by atoms with Gasteiger partial charge in [0.25, 0.3) is 0 Å². The maximum Gasteiger partial charge on any atom is 0.164 e. The van der Waals surface area contributed by atoms with Gasteiger partial charge in [0.05, 0.1) is 14.2 Å². The van der Waals surface area contributed by atoms with Crippen molar-refractivity contribution in [2.75, 3.05) is 20.8 Å². The zero-order valence-corrected chi connectivity index (χ0v) is 12.3. The number of benzene rings is 1. The van der Waals surface area contributed by atoms with Gasteiger partial charge in [-0.05, 0) is 37.4 Å². The van der Waals surface area contributed by atoms with Crippen molar-refractivity contribution in [2.24, 2.45) is 5.73 Å². The van der Waals surface area contributed by atoms with E-state index in [-0.39, 0.29) is 12.4 Å². The van der Waals surface area contributed by atoms with E-state index >= 15 is 0 Å². The Labute approximate surface area is 116 Å². The van der Waals surface area contributed by atoms with E-state index in [1.165, 1.54) is 17.5 Å². The number of ether oxygens (including phenoxy) is 2. The number of methoxy groups -OCH3 is 2. The molecule has 0 atom stereocenters. The Morgan fingerprint density at radius 3 is 2.33 bits per heavy atom. The minimum absolute atomic E-state index is 0. The van der Waals surface area contributed by atoms with Gasteiger partial charge in [0, 0.05) is 5.56 Å². The van der Waals surface area contributed by atoms with E-state index in [0.717, 1.165) is 30.8 Å². The predicted molar refractivity (Wildman–Crippen MR) is 78.2 cm³/mol. The van der Waals surface area contributed by atoms with E-state index in [0.29, 0.717) is 6.54 Å². The van der Waals surface area contributed by atoms with Crippen LogP contribution in [0.3, 0.4) is 0 Å². The summed E-state index contributed by atoms with van der Waals surface area (Å²) in [7, 11) is 3.36. The van der Waals surface area contributed by atoms with Gasteiger partial charge in [-0.25, -0.2) is 0 Å². The first-order chi connectivity index (χ1) is 8.28. The second kappa shape index (κ2) is 9.06. The largest absolute Gasteiger partial charge is 0.493 e. The van der Waals surface area contributed by atoms with Crippen molar-refractivity contribution in [2.45, 2.75) is 32.6 Å². The number of rotatable bonds is 7. The number of hydrogen-bond acceptors (Lipinski definition) is 3. The van der Waals surface area contributed by atoms with Crippen molar-refractivity contribution in [3.05, 3.63) is 23.3 Å². The van der Waals surface area contributed by atoms with Crippen LogP contribution < -0.4 is 15.2 Å². The third-order valence-corrected chi connectivity index (χ3v) is 2.94. The molecular weight excluding hydrogens is 250 g/mol.